The van der Waals surface area contributed by atoms with Crippen LogP contribution in [0.3, 0.4) is 0 Å². The second kappa shape index (κ2) is 9.37. The standard InChI is InChI=1S/C19H18N4O7/c1-26-13-6-12(7-14(27-2)17(13)28-9-15(20)24)19(25)29-10-16-22-18(23-30-16)11-4-3-5-21-8-11/h3-8H,9-10H2,1-2H3,(H2,20,24). The van der Waals surface area contributed by atoms with Gasteiger partial charge in [-0.3, -0.25) is 9.78 Å². The van der Waals surface area contributed by atoms with Crippen LogP contribution in [0.25, 0.3) is 11.4 Å². The molecule has 0 saturated heterocycles. The summed E-state index contributed by atoms with van der Waals surface area (Å²) in [5, 5.41) is 3.83. The van der Waals surface area contributed by atoms with Crippen molar-refractivity contribution in [2.24, 2.45) is 5.73 Å². The largest absolute Gasteiger partial charge is 0.493 e. The normalized spacial score (nSPS) is 10.3. The van der Waals surface area contributed by atoms with Crippen LogP contribution in [0.15, 0.2) is 41.2 Å². The molecular formula is C19H18N4O7. The highest BCUT2D eigenvalue weighted by atomic mass is 16.6. The molecule has 0 fully saturated rings. The van der Waals surface area contributed by atoms with Gasteiger partial charge in [0.05, 0.1) is 19.8 Å². The average molecular weight is 414 g/mol. The number of primary amides is 1. The Kier molecular flexibility index (Phi) is 6.42. The van der Waals surface area contributed by atoms with Gasteiger partial charge in [-0.2, -0.15) is 4.98 Å². The molecule has 0 aliphatic rings. The van der Waals surface area contributed by atoms with E-state index in [2.05, 4.69) is 15.1 Å². The first-order chi connectivity index (χ1) is 14.5. The number of hydrogen-bond acceptors (Lipinski definition) is 10. The third-order valence-corrected chi connectivity index (χ3v) is 3.77. The highest BCUT2D eigenvalue weighted by Gasteiger charge is 2.20. The van der Waals surface area contributed by atoms with Crippen molar-refractivity contribution in [2.75, 3.05) is 20.8 Å². The first-order valence-electron chi connectivity index (χ1n) is 8.59. The smallest absolute Gasteiger partial charge is 0.338 e. The SMILES string of the molecule is COc1cc(C(=O)OCc2nc(-c3cccnc3)no2)cc(OC)c1OCC(N)=O. The molecule has 30 heavy (non-hydrogen) atoms. The van der Waals surface area contributed by atoms with Gasteiger partial charge in [-0.1, -0.05) is 5.16 Å². The summed E-state index contributed by atoms with van der Waals surface area (Å²) in [6, 6.07) is 6.28. The van der Waals surface area contributed by atoms with Crippen LogP contribution in [-0.4, -0.2) is 47.8 Å². The number of carbonyl (C=O) groups is 2. The van der Waals surface area contributed by atoms with Crippen molar-refractivity contribution >= 4 is 11.9 Å². The molecule has 2 aromatic heterocycles. The van der Waals surface area contributed by atoms with E-state index in [4.69, 9.17) is 29.2 Å². The number of esters is 1. The summed E-state index contributed by atoms with van der Waals surface area (Å²) in [5.74, 6) is -0.454. The second-order valence-electron chi connectivity index (χ2n) is 5.79. The Morgan fingerprint density at radius 1 is 1.17 bits per heavy atom. The zero-order chi connectivity index (χ0) is 21.5. The Morgan fingerprint density at radius 2 is 1.90 bits per heavy atom. The van der Waals surface area contributed by atoms with Gasteiger partial charge in [0.25, 0.3) is 11.8 Å². The van der Waals surface area contributed by atoms with E-state index in [1.165, 1.54) is 26.4 Å². The molecule has 2 N–H and O–H groups in total. The minimum atomic E-state index is -0.686. The second-order valence-corrected chi connectivity index (χ2v) is 5.79. The van der Waals surface area contributed by atoms with Gasteiger partial charge in [0.1, 0.15) is 0 Å². The van der Waals surface area contributed by atoms with Crippen LogP contribution in [-0.2, 0) is 16.1 Å². The minimum absolute atomic E-state index is 0.113. The Labute approximate surface area is 170 Å². The lowest BCUT2D eigenvalue weighted by molar-refractivity contribution is -0.120. The lowest BCUT2D eigenvalue weighted by atomic mass is 10.2. The van der Waals surface area contributed by atoms with Gasteiger partial charge < -0.3 is 29.2 Å². The van der Waals surface area contributed by atoms with E-state index in [0.29, 0.717) is 11.4 Å². The molecular weight excluding hydrogens is 396 g/mol. The summed E-state index contributed by atoms with van der Waals surface area (Å²) in [6.07, 6.45) is 3.21. The monoisotopic (exact) mass is 414 g/mol. The van der Waals surface area contributed by atoms with Crippen molar-refractivity contribution < 1.29 is 33.1 Å². The van der Waals surface area contributed by atoms with E-state index in [1.54, 1.807) is 24.5 Å². The molecule has 0 atom stereocenters. The molecule has 0 radical (unpaired) electrons. The third kappa shape index (κ3) is 4.82. The van der Waals surface area contributed by atoms with Crippen molar-refractivity contribution in [3.05, 3.63) is 48.1 Å². The summed E-state index contributed by atoms with van der Waals surface area (Å²) in [7, 11) is 2.75. The zero-order valence-electron chi connectivity index (χ0n) is 16.2. The number of nitrogens with two attached hydrogens (primary N) is 1. The predicted octanol–water partition coefficient (Wildman–Crippen LogP) is 1.37. The minimum Gasteiger partial charge on any atom is -0.493 e. The molecule has 0 aliphatic heterocycles. The predicted molar refractivity (Wildman–Crippen MR) is 101 cm³/mol. The number of pyridine rings is 1. The fourth-order valence-electron chi connectivity index (χ4n) is 2.42. The molecule has 1 aromatic carbocycles. The number of carbonyl (C=O) groups excluding carboxylic acids is 2. The van der Waals surface area contributed by atoms with Gasteiger partial charge in [0.2, 0.25) is 11.6 Å². The highest BCUT2D eigenvalue weighted by molar-refractivity contribution is 5.91. The summed E-state index contributed by atoms with van der Waals surface area (Å²) in [5.41, 5.74) is 5.89. The average Bonchev–Trinajstić information content (AvgIpc) is 3.25. The van der Waals surface area contributed by atoms with Gasteiger partial charge in [0, 0.05) is 18.0 Å². The number of aromatic nitrogens is 3. The first kappa shape index (κ1) is 20.6. The number of benzene rings is 1. The fourth-order valence-corrected chi connectivity index (χ4v) is 2.42. The van der Waals surface area contributed by atoms with E-state index in [0.717, 1.165) is 0 Å². The Morgan fingerprint density at radius 3 is 2.50 bits per heavy atom. The van der Waals surface area contributed by atoms with Crippen LogP contribution in [0.4, 0.5) is 0 Å². The van der Waals surface area contributed by atoms with Crippen molar-refractivity contribution in [1.29, 1.82) is 0 Å². The molecule has 0 bridgehead atoms. The van der Waals surface area contributed by atoms with Crippen molar-refractivity contribution in [1.82, 2.24) is 15.1 Å². The van der Waals surface area contributed by atoms with Crippen molar-refractivity contribution in [2.45, 2.75) is 6.61 Å². The molecule has 0 spiro atoms. The van der Waals surface area contributed by atoms with E-state index in [1.807, 2.05) is 0 Å². The topological polar surface area (TPSA) is 149 Å². The molecule has 11 nitrogen and oxygen atoms in total. The maximum absolute atomic E-state index is 12.5. The number of rotatable bonds is 9. The van der Waals surface area contributed by atoms with E-state index in [-0.39, 0.29) is 41.9 Å². The molecule has 156 valence electrons. The molecule has 0 unspecified atom stereocenters. The van der Waals surface area contributed by atoms with E-state index < -0.39 is 11.9 Å². The van der Waals surface area contributed by atoms with Crippen LogP contribution < -0.4 is 19.9 Å². The van der Waals surface area contributed by atoms with Crippen LogP contribution >= 0.6 is 0 Å². The lowest BCUT2D eigenvalue weighted by Gasteiger charge is -2.15. The Bertz CT molecular complexity index is 1010. The zero-order valence-corrected chi connectivity index (χ0v) is 16.2. The van der Waals surface area contributed by atoms with Gasteiger partial charge in [-0.25, -0.2) is 4.79 Å². The van der Waals surface area contributed by atoms with E-state index >= 15 is 0 Å². The van der Waals surface area contributed by atoms with Crippen molar-refractivity contribution in [3.8, 4) is 28.6 Å². The maximum atomic E-state index is 12.5. The first-order valence-corrected chi connectivity index (χ1v) is 8.59. The molecule has 3 rings (SSSR count). The quantitative estimate of drug-likeness (QED) is 0.509. The number of amides is 1. The summed E-state index contributed by atoms with van der Waals surface area (Å²) < 4.78 is 26.0. The van der Waals surface area contributed by atoms with Crippen LogP contribution in [0.5, 0.6) is 17.2 Å². The van der Waals surface area contributed by atoms with Crippen LogP contribution in [0, 0.1) is 0 Å². The number of ether oxygens (including phenoxy) is 4. The molecule has 1 amide bonds. The van der Waals surface area contributed by atoms with Gasteiger partial charge >= 0.3 is 5.97 Å². The highest BCUT2D eigenvalue weighted by Crippen LogP contribution is 2.38. The molecule has 11 heteroatoms. The molecule has 3 aromatic rings. The summed E-state index contributed by atoms with van der Waals surface area (Å²) >= 11 is 0. The summed E-state index contributed by atoms with van der Waals surface area (Å²) in [4.78, 5) is 31.6. The van der Waals surface area contributed by atoms with Crippen molar-refractivity contribution in [3.63, 3.8) is 0 Å². The lowest BCUT2D eigenvalue weighted by Crippen LogP contribution is -2.20. The fraction of sp³-hybridized carbons (Fsp3) is 0.211. The molecule has 2 heterocycles. The van der Waals surface area contributed by atoms with Crippen LogP contribution in [0.1, 0.15) is 16.2 Å². The number of methoxy groups -OCH3 is 2. The number of nitrogens with zero attached hydrogens (tertiary/aromatic N) is 3. The Hall–Kier alpha value is -4.15. The van der Waals surface area contributed by atoms with E-state index in [9.17, 15) is 9.59 Å². The van der Waals surface area contributed by atoms with Crippen LogP contribution in [0.2, 0.25) is 0 Å². The van der Waals surface area contributed by atoms with Gasteiger partial charge in [0.15, 0.2) is 24.7 Å². The molecule has 0 saturated carbocycles. The maximum Gasteiger partial charge on any atom is 0.338 e. The Balaban J connectivity index is 1.72. The van der Waals surface area contributed by atoms with Gasteiger partial charge in [-0.15, -0.1) is 0 Å². The number of hydrogen-bond donors (Lipinski definition) is 1. The van der Waals surface area contributed by atoms with Gasteiger partial charge in [-0.05, 0) is 24.3 Å². The summed E-state index contributed by atoms with van der Waals surface area (Å²) in [6.45, 7) is -0.621. The molecule has 0 aliphatic carbocycles. The third-order valence-electron chi connectivity index (χ3n) is 3.77.